The minimum absolute atomic E-state index is 0.151. The van der Waals surface area contributed by atoms with E-state index in [-0.39, 0.29) is 10.7 Å². The monoisotopic (exact) mass is 456 g/mol. The van der Waals surface area contributed by atoms with Gasteiger partial charge in [0.2, 0.25) is 10.0 Å². The molecule has 0 bridgehead atoms. The predicted molar refractivity (Wildman–Crippen MR) is 124 cm³/mol. The number of benzene rings is 2. The molecule has 0 unspecified atom stereocenters. The van der Waals surface area contributed by atoms with Gasteiger partial charge < -0.3 is 14.5 Å². The smallest absolute Gasteiger partial charge is 0.291 e. The first-order chi connectivity index (χ1) is 15.2. The normalized spacial score (nSPS) is 19.8. The lowest BCUT2D eigenvalue weighted by Crippen LogP contribution is -2.42. The number of methoxy groups -OCH3 is 1. The molecule has 0 aliphatic carbocycles. The molecule has 4 rings (SSSR count). The lowest BCUT2D eigenvalue weighted by atomic mass is 9.94. The van der Waals surface area contributed by atoms with Gasteiger partial charge in [-0.15, -0.1) is 0 Å². The Labute approximate surface area is 188 Å². The summed E-state index contributed by atoms with van der Waals surface area (Å²) >= 11 is 0. The molecule has 0 spiro atoms. The Bertz CT molecular complexity index is 1250. The van der Waals surface area contributed by atoms with E-state index in [4.69, 9.17) is 9.15 Å². The molecule has 8 heteroatoms. The van der Waals surface area contributed by atoms with Gasteiger partial charge in [-0.2, -0.15) is 4.31 Å². The van der Waals surface area contributed by atoms with Crippen molar-refractivity contribution in [1.82, 2.24) is 4.31 Å². The molecule has 1 aliphatic rings. The zero-order chi connectivity index (χ0) is 23.0. The van der Waals surface area contributed by atoms with E-state index in [1.165, 1.54) is 0 Å². The average molecular weight is 457 g/mol. The SMILES string of the molecule is COc1cccc(NC(=O)c2oc3ccc(S(=O)(=O)N4C[C@@H](C)C[C@H](C)C4)cc3c2C)c1. The van der Waals surface area contributed by atoms with Crippen molar-refractivity contribution in [3.8, 4) is 5.75 Å². The van der Waals surface area contributed by atoms with Crippen molar-refractivity contribution in [3.05, 3.63) is 53.8 Å². The fourth-order valence-electron chi connectivity index (χ4n) is 4.42. The number of furan rings is 1. The van der Waals surface area contributed by atoms with Crippen LogP contribution in [0.5, 0.6) is 5.75 Å². The molecular formula is C24H28N2O5S. The van der Waals surface area contributed by atoms with Gasteiger partial charge in [-0.3, -0.25) is 4.79 Å². The highest BCUT2D eigenvalue weighted by Gasteiger charge is 2.32. The van der Waals surface area contributed by atoms with Crippen LogP contribution in [0.2, 0.25) is 0 Å². The van der Waals surface area contributed by atoms with Crippen molar-refractivity contribution >= 4 is 32.6 Å². The number of anilines is 1. The van der Waals surface area contributed by atoms with Crippen molar-refractivity contribution in [1.29, 1.82) is 0 Å². The van der Waals surface area contributed by atoms with Crippen molar-refractivity contribution < 1.29 is 22.4 Å². The second kappa shape index (κ2) is 8.60. The van der Waals surface area contributed by atoms with Crippen LogP contribution in [0.3, 0.4) is 0 Å². The molecule has 1 aliphatic heterocycles. The van der Waals surface area contributed by atoms with E-state index in [9.17, 15) is 13.2 Å². The van der Waals surface area contributed by atoms with Crippen LogP contribution in [0.4, 0.5) is 5.69 Å². The van der Waals surface area contributed by atoms with E-state index < -0.39 is 15.9 Å². The van der Waals surface area contributed by atoms with E-state index in [0.717, 1.165) is 6.42 Å². The van der Waals surface area contributed by atoms with Crippen LogP contribution in [0.25, 0.3) is 11.0 Å². The van der Waals surface area contributed by atoms with Crippen molar-refractivity contribution in [3.63, 3.8) is 0 Å². The molecule has 2 aromatic carbocycles. The van der Waals surface area contributed by atoms with Crippen LogP contribution in [0, 0.1) is 18.8 Å². The largest absolute Gasteiger partial charge is 0.497 e. The number of piperidine rings is 1. The first-order valence-corrected chi connectivity index (χ1v) is 12.1. The fraction of sp³-hybridized carbons (Fsp3) is 0.375. The number of sulfonamides is 1. The molecule has 170 valence electrons. The van der Waals surface area contributed by atoms with Gasteiger partial charge in [0.05, 0.1) is 12.0 Å². The number of amides is 1. The molecule has 3 aromatic rings. The number of aryl methyl sites for hydroxylation is 1. The van der Waals surface area contributed by atoms with Crippen LogP contribution in [0.1, 0.15) is 36.4 Å². The van der Waals surface area contributed by atoms with E-state index in [0.29, 0.717) is 52.9 Å². The van der Waals surface area contributed by atoms with Crippen LogP contribution < -0.4 is 10.1 Å². The minimum Gasteiger partial charge on any atom is -0.497 e. The quantitative estimate of drug-likeness (QED) is 0.603. The Morgan fingerprint density at radius 1 is 1.12 bits per heavy atom. The summed E-state index contributed by atoms with van der Waals surface area (Å²) in [7, 11) is -2.07. The highest BCUT2D eigenvalue weighted by atomic mass is 32.2. The van der Waals surface area contributed by atoms with Gasteiger partial charge in [-0.1, -0.05) is 19.9 Å². The summed E-state index contributed by atoms with van der Waals surface area (Å²) in [5.74, 6) is 1.01. The predicted octanol–water partition coefficient (Wildman–Crippen LogP) is 4.67. The summed E-state index contributed by atoms with van der Waals surface area (Å²) < 4.78 is 39.1. The number of hydrogen-bond acceptors (Lipinski definition) is 5. The summed E-state index contributed by atoms with van der Waals surface area (Å²) in [4.78, 5) is 13.1. The maximum atomic E-state index is 13.3. The Morgan fingerprint density at radius 2 is 1.84 bits per heavy atom. The van der Waals surface area contributed by atoms with Crippen LogP contribution in [-0.4, -0.2) is 38.8 Å². The van der Waals surface area contributed by atoms with Crippen LogP contribution in [-0.2, 0) is 10.0 Å². The van der Waals surface area contributed by atoms with E-state index in [1.807, 2.05) is 0 Å². The van der Waals surface area contributed by atoms with Gasteiger partial charge in [-0.05, 0) is 55.5 Å². The number of rotatable bonds is 5. The summed E-state index contributed by atoms with van der Waals surface area (Å²) in [6.45, 7) is 6.95. The standard InChI is InChI=1S/C24H28N2O5S/c1-15-10-16(2)14-26(13-15)32(28,29)20-8-9-22-21(12-20)17(3)23(31-22)24(27)25-18-6-5-7-19(11-18)30-4/h5-9,11-12,15-16H,10,13-14H2,1-4H3,(H,25,27)/t15-,16-/m0/s1. The van der Waals surface area contributed by atoms with Crippen molar-refractivity contribution in [2.75, 3.05) is 25.5 Å². The molecule has 1 amide bonds. The summed E-state index contributed by atoms with van der Waals surface area (Å²) in [6.07, 6.45) is 1.03. The summed E-state index contributed by atoms with van der Waals surface area (Å²) in [6, 6.07) is 11.8. The molecule has 1 aromatic heterocycles. The minimum atomic E-state index is -3.63. The zero-order valence-electron chi connectivity index (χ0n) is 18.7. The van der Waals surface area contributed by atoms with E-state index >= 15 is 0 Å². The maximum Gasteiger partial charge on any atom is 0.291 e. The van der Waals surface area contributed by atoms with Crippen LogP contribution >= 0.6 is 0 Å². The molecule has 1 saturated heterocycles. The summed E-state index contributed by atoms with van der Waals surface area (Å²) in [5.41, 5.74) is 1.64. The number of fused-ring (bicyclic) bond motifs is 1. The zero-order valence-corrected chi connectivity index (χ0v) is 19.5. The molecule has 2 atom stereocenters. The molecule has 32 heavy (non-hydrogen) atoms. The number of carbonyl (C=O) groups is 1. The molecule has 0 saturated carbocycles. The first kappa shape index (κ1) is 22.4. The Hall–Kier alpha value is -2.84. The number of hydrogen-bond donors (Lipinski definition) is 1. The average Bonchev–Trinajstić information content (AvgIpc) is 3.09. The molecule has 7 nitrogen and oxygen atoms in total. The lowest BCUT2D eigenvalue weighted by molar-refractivity contribution is 0.0998. The number of ether oxygens (including phenoxy) is 1. The van der Waals surface area contributed by atoms with E-state index in [1.54, 1.807) is 60.8 Å². The van der Waals surface area contributed by atoms with Gasteiger partial charge in [0, 0.05) is 35.8 Å². The molecular weight excluding hydrogens is 428 g/mol. The molecule has 0 radical (unpaired) electrons. The Balaban J connectivity index is 1.64. The van der Waals surface area contributed by atoms with Crippen molar-refractivity contribution in [2.45, 2.75) is 32.1 Å². The van der Waals surface area contributed by atoms with Gasteiger partial charge >= 0.3 is 0 Å². The second-order valence-electron chi connectivity index (χ2n) is 8.67. The van der Waals surface area contributed by atoms with E-state index in [2.05, 4.69) is 19.2 Å². The highest BCUT2D eigenvalue weighted by molar-refractivity contribution is 7.89. The lowest BCUT2D eigenvalue weighted by Gasteiger charge is -2.34. The summed E-state index contributed by atoms with van der Waals surface area (Å²) in [5, 5.41) is 3.41. The molecule has 1 N–H and O–H groups in total. The second-order valence-corrected chi connectivity index (χ2v) is 10.6. The first-order valence-electron chi connectivity index (χ1n) is 10.7. The number of nitrogens with one attached hydrogen (secondary N) is 1. The van der Waals surface area contributed by atoms with Gasteiger partial charge in [0.25, 0.3) is 5.91 Å². The van der Waals surface area contributed by atoms with Gasteiger partial charge in [0.1, 0.15) is 11.3 Å². The molecule has 1 fully saturated rings. The number of carbonyl (C=O) groups excluding carboxylic acids is 1. The van der Waals surface area contributed by atoms with Crippen molar-refractivity contribution in [2.24, 2.45) is 11.8 Å². The highest BCUT2D eigenvalue weighted by Crippen LogP contribution is 2.32. The van der Waals surface area contributed by atoms with Gasteiger partial charge in [0.15, 0.2) is 5.76 Å². The van der Waals surface area contributed by atoms with Crippen LogP contribution in [0.15, 0.2) is 51.8 Å². The molecule has 2 heterocycles. The Morgan fingerprint density at radius 3 is 2.53 bits per heavy atom. The van der Waals surface area contributed by atoms with Gasteiger partial charge in [-0.25, -0.2) is 8.42 Å². The third-order valence-corrected chi connectivity index (χ3v) is 7.74. The topological polar surface area (TPSA) is 88.8 Å². The third kappa shape index (κ3) is 4.25. The fourth-order valence-corrected chi connectivity index (χ4v) is 6.12. The third-order valence-electron chi connectivity index (χ3n) is 5.91. The Kier molecular flexibility index (Phi) is 6.01. The maximum absolute atomic E-state index is 13.3. The number of nitrogens with zero attached hydrogens (tertiary/aromatic N) is 1.